The van der Waals surface area contributed by atoms with E-state index in [2.05, 4.69) is 22.1 Å². The lowest BCUT2D eigenvalue weighted by Gasteiger charge is -2.22. The van der Waals surface area contributed by atoms with Crippen molar-refractivity contribution in [2.75, 3.05) is 33.7 Å². The third-order valence-corrected chi connectivity index (χ3v) is 6.41. The van der Waals surface area contributed by atoms with Crippen molar-refractivity contribution in [3.05, 3.63) is 29.8 Å². The molecule has 0 saturated carbocycles. The van der Waals surface area contributed by atoms with E-state index < -0.39 is 10.0 Å². The van der Waals surface area contributed by atoms with Crippen LogP contribution < -0.4 is 5.32 Å². The quantitative estimate of drug-likeness (QED) is 0.594. The molecule has 1 N–H and O–H groups in total. The average Bonchev–Trinajstić information content (AvgIpc) is 3.16. The molecule has 25 heavy (non-hydrogen) atoms. The van der Waals surface area contributed by atoms with Crippen molar-refractivity contribution in [1.82, 2.24) is 14.5 Å². The maximum absolute atomic E-state index is 12.5. The van der Waals surface area contributed by atoms with Gasteiger partial charge in [-0.1, -0.05) is 25.5 Å². The van der Waals surface area contributed by atoms with E-state index >= 15 is 0 Å². The van der Waals surface area contributed by atoms with Gasteiger partial charge in [0, 0.05) is 40.3 Å². The number of aliphatic imine (C=N–C) groups is 1. The minimum Gasteiger partial charge on any atom is -0.352 e. The number of benzene rings is 1. The van der Waals surface area contributed by atoms with Crippen LogP contribution in [0.3, 0.4) is 0 Å². The van der Waals surface area contributed by atoms with Crippen LogP contribution in [0, 0.1) is 0 Å². The van der Waals surface area contributed by atoms with Gasteiger partial charge in [0.2, 0.25) is 10.0 Å². The molecular weight excluding hydrogens is 336 g/mol. The molecule has 1 saturated heterocycles. The topological polar surface area (TPSA) is 65.0 Å². The van der Waals surface area contributed by atoms with Gasteiger partial charge < -0.3 is 10.2 Å². The molecule has 1 fully saturated rings. The maximum atomic E-state index is 12.5. The van der Waals surface area contributed by atoms with Crippen LogP contribution in [-0.2, 0) is 16.6 Å². The SMILES string of the molecule is CCCCN(C)C(=NC)NCc1ccc(S(=O)(=O)N2CCCC2)cc1. The Morgan fingerprint density at radius 1 is 1.24 bits per heavy atom. The summed E-state index contributed by atoms with van der Waals surface area (Å²) in [6.45, 7) is 5.01. The van der Waals surface area contributed by atoms with E-state index in [9.17, 15) is 8.42 Å². The van der Waals surface area contributed by atoms with E-state index in [1.807, 2.05) is 19.2 Å². The Labute approximate surface area is 152 Å². The number of hydrogen-bond acceptors (Lipinski definition) is 3. The standard InChI is InChI=1S/C18H30N4O2S/c1-4-5-12-21(3)18(19-2)20-15-16-8-10-17(11-9-16)25(23,24)22-13-6-7-14-22/h8-11H,4-7,12-15H2,1-3H3,(H,19,20). The highest BCUT2D eigenvalue weighted by atomic mass is 32.2. The molecule has 0 bridgehead atoms. The molecule has 1 aliphatic rings. The van der Waals surface area contributed by atoms with Crippen LogP contribution >= 0.6 is 0 Å². The summed E-state index contributed by atoms with van der Waals surface area (Å²) in [5.74, 6) is 0.849. The van der Waals surface area contributed by atoms with Gasteiger partial charge in [-0.3, -0.25) is 4.99 Å². The fourth-order valence-electron chi connectivity index (χ4n) is 2.92. The molecule has 0 atom stereocenters. The maximum Gasteiger partial charge on any atom is 0.243 e. The largest absolute Gasteiger partial charge is 0.352 e. The van der Waals surface area contributed by atoms with Gasteiger partial charge in [-0.15, -0.1) is 0 Å². The number of rotatable bonds is 7. The Hall–Kier alpha value is -1.60. The zero-order valence-electron chi connectivity index (χ0n) is 15.5. The number of sulfonamides is 1. The van der Waals surface area contributed by atoms with Crippen LogP contribution in [0.25, 0.3) is 0 Å². The second kappa shape index (κ2) is 9.20. The van der Waals surface area contributed by atoms with Crippen LogP contribution in [0.2, 0.25) is 0 Å². The molecule has 0 aliphatic carbocycles. The van der Waals surface area contributed by atoms with E-state index in [1.165, 1.54) is 0 Å². The lowest BCUT2D eigenvalue weighted by molar-refractivity contribution is 0.464. The first kappa shape index (κ1) is 19.7. The predicted molar refractivity (Wildman–Crippen MR) is 102 cm³/mol. The lowest BCUT2D eigenvalue weighted by atomic mass is 10.2. The van der Waals surface area contributed by atoms with Gasteiger partial charge in [0.25, 0.3) is 0 Å². The Balaban J connectivity index is 1.96. The molecule has 1 aromatic rings. The fraction of sp³-hybridized carbons (Fsp3) is 0.611. The fourth-order valence-corrected chi connectivity index (χ4v) is 4.44. The summed E-state index contributed by atoms with van der Waals surface area (Å²) >= 11 is 0. The van der Waals surface area contributed by atoms with Crippen molar-refractivity contribution in [3.63, 3.8) is 0 Å². The van der Waals surface area contributed by atoms with Gasteiger partial charge in [0.15, 0.2) is 5.96 Å². The molecule has 1 aliphatic heterocycles. The van der Waals surface area contributed by atoms with Gasteiger partial charge in [0.1, 0.15) is 0 Å². The van der Waals surface area contributed by atoms with Crippen molar-refractivity contribution in [2.24, 2.45) is 4.99 Å². The van der Waals surface area contributed by atoms with E-state index in [0.29, 0.717) is 24.5 Å². The minimum atomic E-state index is -3.33. The van der Waals surface area contributed by atoms with E-state index in [-0.39, 0.29) is 0 Å². The second-order valence-corrected chi connectivity index (χ2v) is 8.37. The van der Waals surface area contributed by atoms with Crippen LogP contribution in [0.15, 0.2) is 34.2 Å². The summed E-state index contributed by atoms with van der Waals surface area (Å²) in [5.41, 5.74) is 1.03. The molecule has 6 nitrogen and oxygen atoms in total. The van der Waals surface area contributed by atoms with Gasteiger partial charge in [-0.2, -0.15) is 4.31 Å². The van der Waals surface area contributed by atoms with Gasteiger partial charge in [-0.05, 0) is 37.0 Å². The van der Waals surface area contributed by atoms with Crippen LogP contribution in [0.4, 0.5) is 0 Å². The third-order valence-electron chi connectivity index (χ3n) is 4.50. The molecule has 7 heteroatoms. The minimum absolute atomic E-state index is 0.377. The highest BCUT2D eigenvalue weighted by Crippen LogP contribution is 2.21. The Kier molecular flexibility index (Phi) is 7.25. The van der Waals surface area contributed by atoms with Crippen molar-refractivity contribution in [1.29, 1.82) is 0 Å². The van der Waals surface area contributed by atoms with Crippen LogP contribution in [0.5, 0.6) is 0 Å². The monoisotopic (exact) mass is 366 g/mol. The van der Waals surface area contributed by atoms with E-state index in [1.54, 1.807) is 23.5 Å². The van der Waals surface area contributed by atoms with Crippen molar-refractivity contribution >= 4 is 16.0 Å². The van der Waals surface area contributed by atoms with Crippen LogP contribution in [-0.4, -0.2) is 57.3 Å². The van der Waals surface area contributed by atoms with Gasteiger partial charge in [-0.25, -0.2) is 8.42 Å². The first-order chi connectivity index (χ1) is 12.0. The average molecular weight is 367 g/mol. The molecule has 140 valence electrons. The lowest BCUT2D eigenvalue weighted by Crippen LogP contribution is -2.38. The summed E-state index contributed by atoms with van der Waals surface area (Å²) in [7, 11) is 0.465. The van der Waals surface area contributed by atoms with Crippen molar-refractivity contribution < 1.29 is 8.42 Å². The molecule has 0 unspecified atom stereocenters. The number of unbranched alkanes of at least 4 members (excludes halogenated alkanes) is 1. The number of guanidine groups is 1. The first-order valence-electron chi connectivity index (χ1n) is 9.00. The zero-order valence-corrected chi connectivity index (χ0v) is 16.3. The summed E-state index contributed by atoms with van der Waals surface area (Å²) in [5, 5.41) is 3.32. The third kappa shape index (κ3) is 5.19. The molecule has 1 heterocycles. The first-order valence-corrected chi connectivity index (χ1v) is 10.4. The zero-order chi connectivity index (χ0) is 18.3. The number of hydrogen-bond donors (Lipinski definition) is 1. The highest BCUT2D eigenvalue weighted by Gasteiger charge is 2.26. The van der Waals surface area contributed by atoms with Gasteiger partial charge in [0.05, 0.1) is 4.90 Å². The van der Waals surface area contributed by atoms with E-state index in [4.69, 9.17) is 0 Å². The van der Waals surface area contributed by atoms with Crippen molar-refractivity contribution in [2.45, 2.75) is 44.0 Å². The number of nitrogens with one attached hydrogen (secondary N) is 1. The Bertz CT molecular complexity index is 665. The van der Waals surface area contributed by atoms with Crippen LogP contribution in [0.1, 0.15) is 38.2 Å². The molecule has 2 rings (SSSR count). The molecule has 0 radical (unpaired) electrons. The summed E-state index contributed by atoms with van der Waals surface area (Å²) < 4.78 is 26.6. The normalized spacial score (nSPS) is 16.2. The Morgan fingerprint density at radius 2 is 1.88 bits per heavy atom. The predicted octanol–water partition coefficient (Wildman–Crippen LogP) is 2.28. The smallest absolute Gasteiger partial charge is 0.243 e. The summed E-state index contributed by atoms with van der Waals surface area (Å²) in [6, 6.07) is 7.15. The van der Waals surface area contributed by atoms with Gasteiger partial charge >= 0.3 is 0 Å². The molecule has 0 aromatic heterocycles. The molecule has 1 aromatic carbocycles. The summed E-state index contributed by atoms with van der Waals surface area (Å²) in [6.07, 6.45) is 4.17. The summed E-state index contributed by atoms with van der Waals surface area (Å²) in [4.78, 5) is 6.78. The second-order valence-electron chi connectivity index (χ2n) is 6.43. The van der Waals surface area contributed by atoms with Crippen molar-refractivity contribution in [3.8, 4) is 0 Å². The Morgan fingerprint density at radius 3 is 2.44 bits per heavy atom. The molecule has 0 spiro atoms. The highest BCUT2D eigenvalue weighted by molar-refractivity contribution is 7.89. The number of nitrogens with zero attached hydrogens (tertiary/aromatic N) is 3. The molecular formula is C18H30N4O2S. The van der Waals surface area contributed by atoms with E-state index in [0.717, 1.165) is 43.8 Å². The molecule has 0 amide bonds.